The van der Waals surface area contributed by atoms with Crippen LogP contribution in [0.2, 0.25) is 0 Å². The van der Waals surface area contributed by atoms with E-state index in [2.05, 4.69) is 5.32 Å². The Balaban J connectivity index is 2.58. The van der Waals surface area contributed by atoms with E-state index in [0.717, 1.165) is 4.90 Å². The van der Waals surface area contributed by atoms with Gasteiger partial charge in [0.25, 0.3) is 0 Å². The Morgan fingerprint density at radius 1 is 1.45 bits per heavy atom. The van der Waals surface area contributed by atoms with E-state index >= 15 is 0 Å². The predicted octanol–water partition coefficient (Wildman–Crippen LogP) is -1.68. The molecule has 0 aliphatic carbocycles. The van der Waals surface area contributed by atoms with Crippen LogP contribution in [0.1, 0.15) is 6.42 Å². The number of nitrogens with zero attached hydrogens (tertiary/aromatic N) is 1. The Kier molecular flexibility index (Phi) is 6.37. The molecule has 116 valence electrons. The van der Waals surface area contributed by atoms with Gasteiger partial charge in [0, 0.05) is 32.7 Å². The molecule has 1 fully saturated rings. The summed E-state index contributed by atoms with van der Waals surface area (Å²) >= 11 is 0. The van der Waals surface area contributed by atoms with Gasteiger partial charge in [-0.05, 0) is 0 Å². The molecule has 0 radical (unpaired) electrons. The van der Waals surface area contributed by atoms with Crippen molar-refractivity contribution in [3.8, 4) is 0 Å². The zero-order chi connectivity index (χ0) is 15.2. The SMILES string of the molecule is COCCN(CC(=O)O)C(=O)CC1CS(=O)(=O)CCN1. The van der Waals surface area contributed by atoms with E-state index in [4.69, 9.17) is 9.84 Å². The summed E-state index contributed by atoms with van der Waals surface area (Å²) in [4.78, 5) is 23.9. The van der Waals surface area contributed by atoms with Crippen molar-refractivity contribution < 1.29 is 27.9 Å². The smallest absolute Gasteiger partial charge is 0.323 e. The van der Waals surface area contributed by atoms with Crippen LogP contribution >= 0.6 is 0 Å². The summed E-state index contributed by atoms with van der Waals surface area (Å²) in [6.45, 7) is 0.301. The highest BCUT2D eigenvalue weighted by Gasteiger charge is 2.28. The third-order valence-corrected chi connectivity index (χ3v) is 4.70. The highest BCUT2D eigenvalue weighted by atomic mass is 32.2. The molecule has 1 aliphatic heterocycles. The van der Waals surface area contributed by atoms with Gasteiger partial charge < -0.3 is 20.1 Å². The van der Waals surface area contributed by atoms with Crippen LogP contribution in [0.4, 0.5) is 0 Å². The highest BCUT2D eigenvalue weighted by molar-refractivity contribution is 7.91. The van der Waals surface area contributed by atoms with Crippen LogP contribution in [-0.4, -0.2) is 81.2 Å². The molecular formula is C11H20N2O6S. The fraction of sp³-hybridized carbons (Fsp3) is 0.818. The molecule has 0 aromatic heterocycles. The molecule has 0 aromatic rings. The third kappa shape index (κ3) is 5.85. The van der Waals surface area contributed by atoms with Gasteiger partial charge in [0.15, 0.2) is 9.84 Å². The number of nitrogens with one attached hydrogen (secondary N) is 1. The van der Waals surface area contributed by atoms with E-state index in [1.807, 2.05) is 0 Å². The second-order valence-corrected chi connectivity index (χ2v) is 6.90. The molecule has 0 aromatic carbocycles. The predicted molar refractivity (Wildman–Crippen MR) is 71.2 cm³/mol. The minimum absolute atomic E-state index is 0.0315. The number of carbonyl (C=O) groups is 2. The first kappa shape index (κ1) is 16.9. The summed E-state index contributed by atoms with van der Waals surface area (Å²) in [6, 6.07) is -0.458. The van der Waals surface area contributed by atoms with Crippen molar-refractivity contribution in [1.82, 2.24) is 10.2 Å². The maximum Gasteiger partial charge on any atom is 0.323 e. The average Bonchev–Trinajstić information content (AvgIpc) is 2.32. The Labute approximate surface area is 118 Å². The first-order valence-corrected chi connectivity index (χ1v) is 8.08. The summed E-state index contributed by atoms with van der Waals surface area (Å²) in [6.07, 6.45) is -0.0315. The van der Waals surface area contributed by atoms with Gasteiger partial charge in [0.1, 0.15) is 6.54 Å². The Bertz CT molecular complexity index is 450. The van der Waals surface area contributed by atoms with Gasteiger partial charge in [-0.15, -0.1) is 0 Å². The Hall–Kier alpha value is -1.19. The Morgan fingerprint density at radius 3 is 2.70 bits per heavy atom. The lowest BCUT2D eigenvalue weighted by atomic mass is 10.2. The highest BCUT2D eigenvalue weighted by Crippen LogP contribution is 2.07. The van der Waals surface area contributed by atoms with Gasteiger partial charge in [-0.25, -0.2) is 8.42 Å². The minimum atomic E-state index is -3.12. The number of carboxylic acids is 1. The molecule has 1 saturated heterocycles. The van der Waals surface area contributed by atoms with Crippen molar-refractivity contribution in [1.29, 1.82) is 0 Å². The van der Waals surface area contributed by atoms with Crippen molar-refractivity contribution in [3.63, 3.8) is 0 Å². The van der Waals surface area contributed by atoms with E-state index in [1.165, 1.54) is 7.11 Å². The summed E-state index contributed by atoms with van der Waals surface area (Å²) < 4.78 is 27.8. The molecule has 2 N–H and O–H groups in total. The molecule has 9 heteroatoms. The van der Waals surface area contributed by atoms with E-state index in [-0.39, 0.29) is 37.0 Å². The third-order valence-electron chi connectivity index (χ3n) is 2.97. The number of sulfone groups is 1. The van der Waals surface area contributed by atoms with Crippen LogP contribution in [0.15, 0.2) is 0 Å². The first-order valence-electron chi connectivity index (χ1n) is 6.26. The second-order valence-electron chi connectivity index (χ2n) is 4.67. The van der Waals surface area contributed by atoms with Crippen molar-refractivity contribution in [2.45, 2.75) is 12.5 Å². The van der Waals surface area contributed by atoms with Crippen molar-refractivity contribution >= 4 is 21.7 Å². The lowest BCUT2D eigenvalue weighted by Crippen LogP contribution is -2.48. The molecule has 0 spiro atoms. The van der Waals surface area contributed by atoms with E-state index in [0.29, 0.717) is 6.54 Å². The van der Waals surface area contributed by atoms with Crippen LogP contribution in [0.3, 0.4) is 0 Å². The molecule has 1 rings (SSSR count). The molecule has 8 nitrogen and oxygen atoms in total. The van der Waals surface area contributed by atoms with Crippen LogP contribution < -0.4 is 5.32 Å². The number of carbonyl (C=O) groups excluding carboxylic acids is 1. The van der Waals surface area contributed by atoms with Crippen molar-refractivity contribution in [2.75, 3.05) is 44.9 Å². The molecule has 1 atom stereocenters. The van der Waals surface area contributed by atoms with Gasteiger partial charge in [0.05, 0.1) is 18.1 Å². The lowest BCUT2D eigenvalue weighted by Gasteiger charge is -2.26. The molecular weight excluding hydrogens is 288 g/mol. The maximum absolute atomic E-state index is 12.0. The molecule has 0 saturated carbocycles. The zero-order valence-electron chi connectivity index (χ0n) is 11.4. The van der Waals surface area contributed by atoms with Gasteiger partial charge in [-0.1, -0.05) is 0 Å². The van der Waals surface area contributed by atoms with Gasteiger partial charge >= 0.3 is 5.97 Å². The molecule has 1 heterocycles. The number of hydrogen-bond acceptors (Lipinski definition) is 6. The zero-order valence-corrected chi connectivity index (χ0v) is 12.2. The van der Waals surface area contributed by atoms with Crippen LogP contribution in [0.5, 0.6) is 0 Å². The van der Waals surface area contributed by atoms with E-state index in [1.54, 1.807) is 0 Å². The summed E-state index contributed by atoms with van der Waals surface area (Å²) in [5.41, 5.74) is 0. The van der Waals surface area contributed by atoms with E-state index in [9.17, 15) is 18.0 Å². The molecule has 1 unspecified atom stereocenters. The average molecular weight is 308 g/mol. The number of ether oxygens (including phenoxy) is 1. The van der Waals surface area contributed by atoms with Crippen LogP contribution in [0, 0.1) is 0 Å². The van der Waals surface area contributed by atoms with Gasteiger partial charge in [0.2, 0.25) is 5.91 Å². The number of aliphatic carboxylic acids is 1. The summed E-state index contributed by atoms with van der Waals surface area (Å²) in [5, 5.41) is 11.7. The fourth-order valence-corrected chi connectivity index (χ4v) is 3.44. The number of hydrogen-bond donors (Lipinski definition) is 2. The van der Waals surface area contributed by atoms with Crippen LogP contribution in [-0.2, 0) is 24.2 Å². The van der Waals surface area contributed by atoms with Crippen molar-refractivity contribution in [3.05, 3.63) is 0 Å². The fourth-order valence-electron chi connectivity index (χ4n) is 2.00. The molecule has 1 amide bonds. The number of amides is 1. The van der Waals surface area contributed by atoms with E-state index < -0.39 is 28.4 Å². The lowest BCUT2D eigenvalue weighted by molar-refractivity contribution is -0.145. The molecule has 20 heavy (non-hydrogen) atoms. The minimum Gasteiger partial charge on any atom is -0.480 e. The standard InChI is InChI=1S/C11H20N2O6S/c1-19-4-3-13(7-11(15)16)10(14)6-9-8-20(17,18)5-2-12-9/h9,12H,2-8H2,1H3,(H,15,16). The summed E-state index contributed by atoms with van der Waals surface area (Å²) in [7, 11) is -1.66. The quantitative estimate of drug-likeness (QED) is 0.577. The van der Waals surface area contributed by atoms with Crippen molar-refractivity contribution in [2.24, 2.45) is 0 Å². The maximum atomic E-state index is 12.0. The number of carboxylic acid groups (broad SMARTS) is 1. The van der Waals surface area contributed by atoms with Gasteiger partial charge in [-0.2, -0.15) is 0 Å². The second kappa shape index (κ2) is 7.55. The topological polar surface area (TPSA) is 113 Å². The first-order chi connectivity index (χ1) is 9.34. The largest absolute Gasteiger partial charge is 0.480 e. The monoisotopic (exact) mass is 308 g/mol. The molecule has 0 bridgehead atoms. The van der Waals surface area contributed by atoms with Gasteiger partial charge in [-0.3, -0.25) is 9.59 Å². The normalized spacial score (nSPS) is 21.4. The number of rotatable bonds is 7. The number of methoxy groups -OCH3 is 1. The summed E-state index contributed by atoms with van der Waals surface area (Å²) in [5.74, 6) is -1.53. The van der Waals surface area contributed by atoms with Crippen LogP contribution in [0.25, 0.3) is 0 Å². The Morgan fingerprint density at radius 2 is 2.15 bits per heavy atom. The molecule has 1 aliphatic rings.